The second-order valence-electron chi connectivity index (χ2n) is 4.65. The zero-order valence-corrected chi connectivity index (χ0v) is 12.8. The Morgan fingerprint density at radius 3 is 2.63 bits per heavy atom. The minimum atomic E-state index is 0. The molecule has 0 saturated carbocycles. The summed E-state index contributed by atoms with van der Waals surface area (Å²) in [6.45, 7) is 8.00. The van der Waals surface area contributed by atoms with Gasteiger partial charge in [0.05, 0.1) is 24.1 Å². The highest BCUT2D eigenvalue weighted by Gasteiger charge is 2.07. The van der Waals surface area contributed by atoms with Gasteiger partial charge in [-0.25, -0.2) is 0 Å². The van der Waals surface area contributed by atoms with Crippen LogP contribution in [-0.2, 0) is 20.1 Å². The molecule has 0 aliphatic carbocycles. The summed E-state index contributed by atoms with van der Waals surface area (Å²) in [6.07, 6.45) is 2.97. The first-order chi connectivity index (χ1) is 8.61. The summed E-state index contributed by atoms with van der Waals surface area (Å²) in [5.74, 6) is 1.07. The maximum absolute atomic E-state index is 4.50. The normalized spacial score (nSPS) is 10.3. The van der Waals surface area contributed by atoms with Crippen molar-refractivity contribution in [1.29, 1.82) is 0 Å². The lowest BCUT2D eigenvalue weighted by Crippen LogP contribution is -2.11. The third-order valence-electron chi connectivity index (χ3n) is 2.98. The van der Waals surface area contributed by atoms with E-state index >= 15 is 0 Å². The standard InChI is InChI=1S/C13H21N5.ClH/c1-5-6-18-12(7-11(3)16-18)9-14-13-10(2)8-15-17(13)4;/h7-8,14H,5-6,9H2,1-4H3;1H. The molecular weight excluding hydrogens is 262 g/mol. The van der Waals surface area contributed by atoms with Gasteiger partial charge in [-0.3, -0.25) is 9.36 Å². The van der Waals surface area contributed by atoms with Crippen molar-refractivity contribution in [3.63, 3.8) is 0 Å². The average Bonchev–Trinajstić information content (AvgIpc) is 2.82. The Labute approximate surface area is 120 Å². The van der Waals surface area contributed by atoms with E-state index in [1.807, 2.05) is 24.9 Å². The fourth-order valence-electron chi connectivity index (χ4n) is 2.12. The Kier molecular flexibility index (Phi) is 5.42. The topological polar surface area (TPSA) is 47.7 Å². The number of rotatable bonds is 5. The molecule has 2 rings (SSSR count). The lowest BCUT2D eigenvalue weighted by molar-refractivity contribution is 0.574. The highest BCUT2D eigenvalue weighted by molar-refractivity contribution is 5.85. The van der Waals surface area contributed by atoms with Crippen LogP contribution in [0.5, 0.6) is 0 Å². The van der Waals surface area contributed by atoms with Gasteiger partial charge in [0.15, 0.2) is 0 Å². The molecule has 2 heterocycles. The van der Waals surface area contributed by atoms with Crippen LogP contribution in [0.3, 0.4) is 0 Å². The van der Waals surface area contributed by atoms with Crippen molar-refractivity contribution in [3.8, 4) is 0 Å². The van der Waals surface area contributed by atoms with Crippen LogP contribution in [-0.4, -0.2) is 19.6 Å². The Hall–Kier alpha value is -1.49. The lowest BCUT2D eigenvalue weighted by Gasteiger charge is -2.09. The van der Waals surface area contributed by atoms with Crippen LogP contribution in [0, 0.1) is 13.8 Å². The number of nitrogens with zero attached hydrogens (tertiary/aromatic N) is 4. The maximum atomic E-state index is 4.50. The number of nitrogens with one attached hydrogen (secondary N) is 1. The third kappa shape index (κ3) is 3.50. The van der Waals surface area contributed by atoms with Gasteiger partial charge in [-0.1, -0.05) is 6.92 Å². The summed E-state index contributed by atoms with van der Waals surface area (Å²) >= 11 is 0. The Morgan fingerprint density at radius 1 is 1.32 bits per heavy atom. The molecule has 6 heteroatoms. The summed E-state index contributed by atoms with van der Waals surface area (Å²) < 4.78 is 3.94. The molecule has 0 saturated heterocycles. The number of anilines is 1. The summed E-state index contributed by atoms with van der Waals surface area (Å²) in [5, 5.41) is 12.2. The molecule has 0 aromatic carbocycles. The molecule has 0 unspecified atom stereocenters. The highest BCUT2D eigenvalue weighted by Crippen LogP contribution is 2.14. The fourth-order valence-corrected chi connectivity index (χ4v) is 2.12. The van der Waals surface area contributed by atoms with Gasteiger partial charge >= 0.3 is 0 Å². The zero-order chi connectivity index (χ0) is 13.1. The van der Waals surface area contributed by atoms with E-state index in [1.165, 1.54) is 5.69 Å². The Morgan fingerprint density at radius 2 is 2.05 bits per heavy atom. The predicted molar refractivity (Wildman–Crippen MR) is 79.8 cm³/mol. The van der Waals surface area contributed by atoms with Gasteiger partial charge in [-0.15, -0.1) is 12.4 Å². The smallest absolute Gasteiger partial charge is 0.127 e. The van der Waals surface area contributed by atoms with Crippen molar-refractivity contribution in [2.24, 2.45) is 7.05 Å². The van der Waals surface area contributed by atoms with Crippen molar-refractivity contribution in [2.75, 3.05) is 5.32 Å². The van der Waals surface area contributed by atoms with Crippen LogP contribution in [0.2, 0.25) is 0 Å². The number of hydrogen-bond acceptors (Lipinski definition) is 3. The highest BCUT2D eigenvalue weighted by atomic mass is 35.5. The van der Waals surface area contributed by atoms with E-state index in [-0.39, 0.29) is 12.4 Å². The quantitative estimate of drug-likeness (QED) is 0.918. The Bertz CT molecular complexity index is 510. The molecule has 106 valence electrons. The van der Waals surface area contributed by atoms with Crippen LogP contribution in [0.1, 0.15) is 30.3 Å². The van der Waals surface area contributed by atoms with E-state index in [1.54, 1.807) is 0 Å². The van der Waals surface area contributed by atoms with Crippen molar-refractivity contribution < 1.29 is 0 Å². The van der Waals surface area contributed by atoms with E-state index in [9.17, 15) is 0 Å². The molecule has 0 bridgehead atoms. The van der Waals surface area contributed by atoms with E-state index in [0.717, 1.165) is 36.6 Å². The second-order valence-corrected chi connectivity index (χ2v) is 4.65. The molecule has 2 aromatic heterocycles. The zero-order valence-electron chi connectivity index (χ0n) is 12.0. The van der Waals surface area contributed by atoms with E-state index in [2.05, 4.69) is 40.1 Å². The molecule has 0 amide bonds. The first-order valence-electron chi connectivity index (χ1n) is 6.37. The van der Waals surface area contributed by atoms with Gasteiger partial charge in [0.25, 0.3) is 0 Å². The molecule has 0 aliphatic heterocycles. The van der Waals surface area contributed by atoms with Gasteiger partial charge in [-0.2, -0.15) is 10.2 Å². The van der Waals surface area contributed by atoms with Crippen LogP contribution in [0.15, 0.2) is 12.3 Å². The van der Waals surface area contributed by atoms with Crippen molar-refractivity contribution in [2.45, 2.75) is 40.3 Å². The molecule has 0 atom stereocenters. The van der Waals surface area contributed by atoms with Gasteiger partial charge in [0, 0.05) is 19.2 Å². The third-order valence-corrected chi connectivity index (χ3v) is 2.98. The Balaban J connectivity index is 0.00000180. The number of hydrogen-bond donors (Lipinski definition) is 1. The van der Waals surface area contributed by atoms with Crippen LogP contribution >= 0.6 is 12.4 Å². The van der Waals surface area contributed by atoms with Gasteiger partial charge < -0.3 is 5.32 Å². The van der Waals surface area contributed by atoms with Gasteiger partial charge in [-0.05, 0) is 26.3 Å². The van der Waals surface area contributed by atoms with E-state index in [4.69, 9.17) is 0 Å². The lowest BCUT2D eigenvalue weighted by atomic mass is 10.3. The maximum Gasteiger partial charge on any atom is 0.127 e. The SMILES string of the molecule is CCCn1nc(C)cc1CNc1c(C)cnn1C.Cl. The van der Waals surface area contributed by atoms with Gasteiger partial charge in [0.2, 0.25) is 0 Å². The van der Waals surface area contributed by atoms with Crippen LogP contribution in [0.4, 0.5) is 5.82 Å². The monoisotopic (exact) mass is 283 g/mol. The van der Waals surface area contributed by atoms with Crippen LogP contribution < -0.4 is 5.32 Å². The number of aromatic nitrogens is 4. The van der Waals surface area contributed by atoms with Crippen molar-refractivity contribution in [1.82, 2.24) is 19.6 Å². The molecular formula is C13H22ClN5. The summed E-state index contributed by atoms with van der Waals surface area (Å²) in [7, 11) is 1.95. The second kappa shape index (κ2) is 6.61. The van der Waals surface area contributed by atoms with E-state index in [0.29, 0.717) is 0 Å². The average molecular weight is 284 g/mol. The number of halogens is 1. The van der Waals surface area contributed by atoms with Crippen molar-refractivity contribution in [3.05, 3.63) is 29.2 Å². The predicted octanol–water partition coefficient (Wildman–Crippen LogP) is 2.68. The molecule has 0 spiro atoms. The molecule has 2 aromatic rings. The molecule has 0 radical (unpaired) electrons. The molecule has 0 fully saturated rings. The molecule has 1 N–H and O–H groups in total. The van der Waals surface area contributed by atoms with Gasteiger partial charge in [0.1, 0.15) is 5.82 Å². The van der Waals surface area contributed by atoms with Crippen LogP contribution in [0.25, 0.3) is 0 Å². The summed E-state index contributed by atoms with van der Waals surface area (Å²) in [6, 6.07) is 2.13. The van der Waals surface area contributed by atoms with E-state index < -0.39 is 0 Å². The first kappa shape index (κ1) is 15.6. The first-order valence-corrected chi connectivity index (χ1v) is 6.37. The summed E-state index contributed by atoms with van der Waals surface area (Å²) in [5.41, 5.74) is 3.45. The molecule has 19 heavy (non-hydrogen) atoms. The molecule has 0 aliphatic rings. The number of aryl methyl sites for hydroxylation is 4. The van der Waals surface area contributed by atoms with Crippen molar-refractivity contribution >= 4 is 18.2 Å². The fraction of sp³-hybridized carbons (Fsp3) is 0.538. The molecule has 5 nitrogen and oxygen atoms in total. The summed E-state index contributed by atoms with van der Waals surface area (Å²) in [4.78, 5) is 0. The largest absolute Gasteiger partial charge is 0.364 e. The minimum absolute atomic E-state index is 0. The minimum Gasteiger partial charge on any atom is -0.364 e.